The Morgan fingerprint density at radius 1 is 1.38 bits per heavy atom. The van der Waals surface area contributed by atoms with Gasteiger partial charge in [0.05, 0.1) is 17.1 Å². The molecule has 0 aliphatic rings. The van der Waals surface area contributed by atoms with Crippen molar-refractivity contribution in [2.24, 2.45) is 0 Å². The fourth-order valence-corrected chi connectivity index (χ4v) is 6.40. The van der Waals surface area contributed by atoms with Gasteiger partial charge in [0.1, 0.15) is 5.75 Å². The molecule has 9 heteroatoms. The van der Waals surface area contributed by atoms with Crippen LogP contribution in [0.15, 0.2) is 0 Å². The number of hydrogen-bond acceptors (Lipinski definition) is 3. The Balaban J connectivity index is 4.56. The van der Waals surface area contributed by atoms with Gasteiger partial charge < -0.3 is 4.89 Å². The van der Waals surface area contributed by atoms with Gasteiger partial charge in [-0.05, 0) is 13.3 Å². The van der Waals surface area contributed by atoms with Crippen LogP contribution in [0.25, 0.3) is 0 Å². The Hall–Kier alpha value is 0.670. The van der Waals surface area contributed by atoms with Gasteiger partial charge in [-0.3, -0.25) is 0 Å². The molecule has 3 nitrogen and oxygen atoms in total. The number of hydrogen-bond donors (Lipinski definition) is 1. The molecule has 0 radical (unpaired) electrons. The first-order valence-corrected chi connectivity index (χ1v) is 9.46. The van der Waals surface area contributed by atoms with Crippen molar-refractivity contribution in [1.82, 2.24) is 0 Å². The fraction of sp³-hybridized carbons (Fsp3) is 1.00. The van der Waals surface area contributed by atoms with E-state index in [9.17, 15) is 18.1 Å². The van der Waals surface area contributed by atoms with Crippen LogP contribution < -0.4 is 0 Å². The summed E-state index contributed by atoms with van der Waals surface area (Å²) in [6.45, 7) is 3.46. The van der Waals surface area contributed by atoms with Crippen molar-refractivity contribution in [3.05, 3.63) is 0 Å². The minimum atomic E-state index is -4.35. The quantitative estimate of drug-likeness (QED) is 0.339. The van der Waals surface area contributed by atoms with E-state index in [2.05, 4.69) is 9.56 Å². The summed E-state index contributed by atoms with van der Waals surface area (Å²) >= 11 is 4.70. The third-order valence-corrected chi connectivity index (χ3v) is 9.00. The maximum atomic E-state index is 12.3. The Labute approximate surface area is 101 Å². The van der Waals surface area contributed by atoms with Crippen LogP contribution in [-0.2, 0) is 31.9 Å². The molecule has 2 atom stereocenters. The summed E-state index contributed by atoms with van der Waals surface area (Å²) in [6, 6.07) is 0. The lowest BCUT2D eigenvalue weighted by molar-refractivity contribution is -0.199. The third kappa shape index (κ3) is 7.09. The maximum absolute atomic E-state index is 12.3. The van der Waals surface area contributed by atoms with E-state index < -0.39 is 28.1 Å². The predicted molar refractivity (Wildman–Crippen MR) is 62.7 cm³/mol. The maximum Gasteiger partial charge on any atom is 0.433 e. The molecule has 0 saturated heterocycles. The molecule has 0 aliphatic carbocycles. The summed E-state index contributed by atoms with van der Waals surface area (Å²) in [6.07, 6.45) is -3.84. The second-order valence-corrected chi connectivity index (χ2v) is 10.8. The molecule has 0 aromatic rings. The predicted octanol–water partition coefficient (Wildman–Crippen LogP) is 2.76. The Morgan fingerprint density at radius 3 is 2.31 bits per heavy atom. The molecule has 98 valence electrons. The average Bonchev–Trinajstić information content (AvgIpc) is 2.12. The van der Waals surface area contributed by atoms with E-state index in [-0.39, 0.29) is 12.4 Å². The van der Waals surface area contributed by atoms with Crippen LogP contribution in [0.4, 0.5) is 13.2 Å². The van der Waals surface area contributed by atoms with Gasteiger partial charge >= 0.3 is 11.9 Å². The summed E-state index contributed by atoms with van der Waals surface area (Å²) in [4.78, 5) is 14.2. The number of halogens is 3. The molecule has 0 spiro atoms. The summed E-state index contributed by atoms with van der Waals surface area (Å²) in [5.41, 5.74) is -3.51. The SMILES string of the molecule is CCC[S+](CC(F)(F)F)P(O)(=S)OOCC. The molecule has 0 heterocycles. The van der Waals surface area contributed by atoms with Crippen molar-refractivity contribution in [2.45, 2.75) is 26.4 Å². The van der Waals surface area contributed by atoms with Crippen molar-refractivity contribution in [3.63, 3.8) is 0 Å². The largest absolute Gasteiger partial charge is 0.433 e. The van der Waals surface area contributed by atoms with Gasteiger partial charge in [-0.2, -0.15) is 13.2 Å². The van der Waals surface area contributed by atoms with Crippen molar-refractivity contribution in [1.29, 1.82) is 0 Å². The molecule has 0 aromatic heterocycles. The monoisotopic (exact) mass is 299 g/mol. The summed E-state index contributed by atoms with van der Waals surface area (Å²) in [5.74, 6) is -0.915. The fourth-order valence-electron chi connectivity index (χ4n) is 0.856. The summed E-state index contributed by atoms with van der Waals surface area (Å²) < 4.78 is 41.3. The van der Waals surface area contributed by atoms with Crippen molar-refractivity contribution >= 4 is 28.0 Å². The molecule has 0 aliphatic heterocycles. The standard InChI is InChI=1S/C7H14F3O3PS2/c1-3-5-16(6-7(8,9)10)14(11,15)13-12-4-2/h3-6H2,1-2H3/p+1. The van der Waals surface area contributed by atoms with E-state index in [4.69, 9.17) is 11.8 Å². The molecule has 1 N–H and O–H groups in total. The molecule has 0 saturated carbocycles. The molecule has 0 bridgehead atoms. The molecular weight excluding hydrogens is 284 g/mol. The summed E-state index contributed by atoms with van der Waals surface area (Å²) in [7, 11) is -1.40. The highest BCUT2D eigenvalue weighted by Crippen LogP contribution is 2.53. The van der Waals surface area contributed by atoms with E-state index in [1.807, 2.05) is 0 Å². The van der Waals surface area contributed by atoms with Gasteiger partial charge in [-0.25, -0.2) is 4.89 Å². The van der Waals surface area contributed by atoms with Gasteiger partial charge in [0.2, 0.25) is 5.75 Å². The van der Waals surface area contributed by atoms with Crippen molar-refractivity contribution in [3.8, 4) is 0 Å². The van der Waals surface area contributed by atoms with Crippen LogP contribution in [0.1, 0.15) is 20.3 Å². The number of alkyl halides is 3. The third-order valence-electron chi connectivity index (χ3n) is 1.36. The van der Waals surface area contributed by atoms with Gasteiger partial charge in [-0.15, -0.1) is 4.67 Å². The topological polar surface area (TPSA) is 38.7 Å². The van der Waals surface area contributed by atoms with Gasteiger partial charge in [0, 0.05) is 11.8 Å². The zero-order valence-corrected chi connectivity index (χ0v) is 11.5. The second kappa shape index (κ2) is 7.18. The van der Waals surface area contributed by atoms with E-state index in [1.54, 1.807) is 13.8 Å². The first-order chi connectivity index (χ1) is 7.23. The molecule has 0 amide bonds. The molecular formula is C7H15F3O3PS2+. The molecule has 2 unspecified atom stereocenters. The highest BCUT2D eigenvalue weighted by Gasteiger charge is 2.48. The average molecular weight is 299 g/mol. The van der Waals surface area contributed by atoms with Crippen LogP contribution >= 0.6 is 5.69 Å². The smallest absolute Gasteiger partial charge is 0.305 e. The highest BCUT2D eigenvalue weighted by atomic mass is 32.9. The zero-order valence-electron chi connectivity index (χ0n) is 8.99. The minimum Gasteiger partial charge on any atom is -0.305 e. The summed E-state index contributed by atoms with van der Waals surface area (Å²) in [5, 5.41) is 0. The van der Waals surface area contributed by atoms with E-state index in [0.29, 0.717) is 6.42 Å². The van der Waals surface area contributed by atoms with Gasteiger partial charge in [-0.1, -0.05) is 6.92 Å². The second-order valence-electron chi connectivity index (χ2n) is 2.88. The highest BCUT2D eigenvalue weighted by molar-refractivity contribution is 8.65. The van der Waals surface area contributed by atoms with E-state index >= 15 is 0 Å². The van der Waals surface area contributed by atoms with E-state index in [1.165, 1.54) is 0 Å². The van der Waals surface area contributed by atoms with Crippen LogP contribution in [-0.4, -0.2) is 29.2 Å². The van der Waals surface area contributed by atoms with Gasteiger partial charge in [0.15, 0.2) is 0 Å². The Kier molecular flexibility index (Phi) is 7.48. The van der Waals surface area contributed by atoms with Crippen LogP contribution in [0, 0.1) is 0 Å². The molecule has 16 heavy (non-hydrogen) atoms. The first-order valence-electron chi connectivity index (χ1n) is 4.62. The lowest BCUT2D eigenvalue weighted by atomic mass is 10.6. The molecule has 0 rings (SSSR count). The van der Waals surface area contributed by atoms with Crippen LogP contribution in [0.3, 0.4) is 0 Å². The molecule has 0 fully saturated rings. The minimum absolute atomic E-state index is 0.133. The van der Waals surface area contributed by atoms with E-state index in [0.717, 1.165) is 0 Å². The first kappa shape index (κ1) is 16.7. The Bertz CT molecular complexity index is 250. The van der Waals surface area contributed by atoms with Crippen molar-refractivity contribution < 1.29 is 27.6 Å². The number of rotatable bonds is 7. The molecule has 0 aromatic carbocycles. The Morgan fingerprint density at radius 2 is 1.94 bits per heavy atom. The van der Waals surface area contributed by atoms with Crippen molar-refractivity contribution in [2.75, 3.05) is 18.1 Å². The normalized spacial score (nSPS) is 18.1. The van der Waals surface area contributed by atoms with Crippen LogP contribution in [0.5, 0.6) is 0 Å². The lowest BCUT2D eigenvalue weighted by Gasteiger charge is -2.16. The van der Waals surface area contributed by atoms with Gasteiger partial charge in [0.25, 0.3) is 0 Å². The van der Waals surface area contributed by atoms with Crippen LogP contribution in [0.2, 0.25) is 0 Å². The zero-order chi connectivity index (χ0) is 12.8. The lowest BCUT2D eigenvalue weighted by Crippen LogP contribution is -2.25.